The number of methoxy groups -OCH3 is 1. The van der Waals surface area contributed by atoms with Crippen molar-refractivity contribution in [3.63, 3.8) is 0 Å². The van der Waals surface area contributed by atoms with Gasteiger partial charge < -0.3 is 9.84 Å². The molecule has 0 fully saturated rings. The first-order chi connectivity index (χ1) is 7.13. The maximum Gasteiger partial charge on any atom is 0.342 e. The smallest absolute Gasteiger partial charge is 0.342 e. The van der Waals surface area contributed by atoms with Crippen molar-refractivity contribution in [2.45, 2.75) is 0 Å². The third-order valence-electron chi connectivity index (χ3n) is 1.84. The van der Waals surface area contributed by atoms with E-state index in [-0.39, 0.29) is 11.4 Å². The highest BCUT2D eigenvalue weighted by Gasteiger charge is 2.16. The molecular formula is C8H6ClN3O3. The van der Waals surface area contributed by atoms with Crippen LogP contribution in [-0.4, -0.2) is 32.8 Å². The fourth-order valence-electron chi connectivity index (χ4n) is 1.17. The Balaban J connectivity index is 2.76. The van der Waals surface area contributed by atoms with Crippen molar-refractivity contribution in [3.8, 4) is 5.88 Å². The molecule has 0 atom stereocenters. The van der Waals surface area contributed by atoms with Crippen molar-refractivity contribution < 1.29 is 14.6 Å². The molecule has 0 aromatic carbocycles. The van der Waals surface area contributed by atoms with E-state index in [1.165, 1.54) is 24.0 Å². The number of carbonyl (C=O) groups is 1. The number of carboxylic acid groups (broad SMARTS) is 1. The lowest BCUT2D eigenvalue weighted by Gasteiger charge is -2.03. The molecule has 0 saturated carbocycles. The Morgan fingerprint density at radius 2 is 2.40 bits per heavy atom. The molecule has 0 spiro atoms. The second-order valence-corrected chi connectivity index (χ2v) is 3.14. The normalized spacial score (nSPS) is 10.5. The van der Waals surface area contributed by atoms with Gasteiger partial charge in [-0.15, -0.1) is 0 Å². The molecule has 2 aromatic rings. The van der Waals surface area contributed by atoms with Crippen LogP contribution in [-0.2, 0) is 0 Å². The van der Waals surface area contributed by atoms with E-state index in [2.05, 4.69) is 10.1 Å². The maximum atomic E-state index is 10.8. The molecule has 1 N–H and O–H groups in total. The number of aromatic nitrogens is 3. The Morgan fingerprint density at radius 3 is 3.00 bits per heavy atom. The molecule has 2 rings (SSSR count). The van der Waals surface area contributed by atoms with Gasteiger partial charge in [0.1, 0.15) is 10.6 Å². The molecule has 0 radical (unpaired) electrons. The van der Waals surface area contributed by atoms with Gasteiger partial charge in [0.25, 0.3) is 0 Å². The first kappa shape index (κ1) is 9.72. The Morgan fingerprint density at radius 1 is 1.67 bits per heavy atom. The van der Waals surface area contributed by atoms with Crippen LogP contribution in [0.2, 0.25) is 5.02 Å². The number of hydrogen-bond donors (Lipinski definition) is 1. The molecule has 0 aliphatic heterocycles. The highest BCUT2D eigenvalue weighted by atomic mass is 35.5. The monoisotopic (exact) mass is 227 g/mol. The fraction of sp³-hybridized carbons (Fsp3) is 0.125. The predicted octanol–water partition coefficient (Wildman–Crippen LogP) is 1.09. The van der Waals surface area contributed by atoms with Crippen LogP contribution in [0.15, 0.2) is 12.4 Å². The molecule has 0 amide bonds. The van der Waals surface area contributed by atoms with E-state index in [4.69, 9.17) is 21.4 Å². The van der Waals surface area contributed by atoms with E-state index in [1.54, 1.807) is 0 Å². The maximum absolute atomic E-state index is 10.8. The Hall–Kier alpha value is -1.82. The molecule has 15 heavy (non-hydrogen) atoms. The van der Waals surface area contributed by atoms with Crippen LogP contribution in [0.3, 0.4) is 0 Å². The zero-order valence-corrected chi connectivity index (χ0v) is 8.39. The van der Waals surface area contributed by atoms with Crippen LogP contribution in [0.25, 0.3) is 5.65 Å². The minimum atomic E-state index is -1.13. The summed E-state index contributed by atoms with van der Waals surface area (Å²) in [7, 11) is 1.34. The summed E-state index contributed by atoms with van der Waals surface area (Å²) in [6.45, 7) is 0. The molecule has 0 aliphatic rings. The molecule has 6 nitrogen and oxygen atoms in total. The Labute approximate surface area is 89.1 Å². The molecule has 2 aromatic heterocycles. The number of carboxylic acids is 1. The van der Waals surface area contributed by atoms with Crippen molar-refractivity contribution in [2.75, 3.05) is 7.11 Å². The predicted molar refractivity (Wildman–Crippen MR) is 51.5 cm³/mol. The van der Waals surface area contributed by atoms with Crippen molar-refractivity contribution in [1.82, 2.24) is 14.6 Å². The number of hydrogen-bond acceptors (Lipinski definition) is 4. The van der Waals surface area contributed by atoms with Gasteiger partial charge in [-0.2, -0.15) is 10.1 Å². The van der Waals surface area contributed by atoms with Gasteiger partial charge in [0.15, 0.2) is 5.65 Å². The van der Waals surface area contributed by atoms with E-state index in [0.717, 1.165) is 0 Å². The van der Waals surface area contributed by atoms with Crippen LogP contribution >= 0.6 is 11.6 Å². The molecule has 7 heteroatoms. The highest BCUT2D eigenvalue weighted by molar-refractivity contribution is 6.33. The van der Waals surface area contributed by atoms with Crippen LogP contribution in [0.4, 0.5) is 0 Å². The highest BCUT2D eigenvalue weighted by Crippen LogP contribution is 2.21. The van der Waals surface area contributed by atoms with Gasteiger partial charge in [0.2, 0.25) is 5.88 Å². The molecule has 78 valence electrons. The number of aromatic carboxylic acids is 1. The third kappa shape index (κ3) is 1.48. The van der Waals surface area contributed by atoms with Gasteiger partial charge in [0, 0.05) is 0 Å². The summed E-state index contributed by atoms with van der Waals surface area (Å²) < 4.78 is 6.13. The molecule has 2 heterocycles. The summed E-state index contributed by atoms with van der Waals surface area (Å²) in [4.78, 5) is 14.8. The van der Waals surface area contributed by atoms with Crippen molar-refractivity contribution in [1.29, 1.82) is 0 Å². The van der Waals surface area contributed by atoms with Crippen LogP contribution in [0, 0.1) is 0 Å². The zero-order chi connectivity index (χ0) is 11.0. The SMILES string of the molecule is COc1nc2c(Cl)cnn2cc1C(=O)O. The van der Waals surface area contributed by atoms with Gasteiger partial charge in [0.05, 0.1) is 19.5 Å². The first-order valence-corrected chi connectivity index (χ1v) is 4.32. The molecule has 0 aliphatic carbocycles. The summed E-state index contributed by atoms with van der Waals surface area (Å²) in [5.41, 5.74) is 0.295. The summed E-state index contributed by atoms with van der Waals surface area (Å²) >= 11 is 5.78. The number of rotatable bonds is 2. The second kappa shape index (κ2) is 3.39. The largest absolute Gasteiger partial charge is 0.480 e. The fourth-order valence-corrected chi connectivity index (χ4v) is 1.34. The van der Waals surface area contributed by atoms with Gasteiger partial charge in [-0.25, -0.2) is 9.31 Å². The molecular weight excluding hydrogens is 222 g/mol. The van der Waals surface area contributed by atoms with E-state index in [1.807, 2.05) is 0 Å². The van der Waals surface area contributed by atoms with Crippen molar-refractivity contribution in [3.05, 3.63) is 23.0 Å². The molecule has 0 unspecified atom stereocenters. The molecule has 0 bridgehead atoms. The number of ether oxygens (including phenoxy) is 1. The number of nitrogens with zero attached hydrogens (tertiary/aromatic N) is 3. The van der Waals surface area contributed by atoms with Crippen LogP contribution in [0.5, 0.6) is 5.88 Å². The zero-order valence-electron chi connectivity index (χ0n) is 7.64. The standard InChI is InChI=1S/C8H6ClN3O3/c1-15-7-4(8(13)14)3-12-6(11-7)5(9)2-10-12/h2-3H,1H3,(H,13,14). The summed E-state index contributed by atoms with van der Waals surface area (Å²) in [5.74, 6) is -1.12. The van der Waals surface area contributed by atoms with Gasteiger partial charge in [-0.3, -0.25) is 0 Å². The quantitative estimate of drug-likeness (QED) is 0.831. The lowest BCUT2D eigenvalue weighted by atomic mass is 10.3. The lowest BCUT2D eigenvalue weighted by Crippen LogP contribution is -2.05. The van der Waals surface area contributed by atoms with Gasteiger partial charge >= 0.3 is 5.97 Å². The van der Waals surface area contributed by atoms with E-state index in [0.29, 0.717) is 10.7 Å². The topological polar surface area (TPSA) is 76.7 Å². The van der Waals surface area contributed by atoms with E-state index < -0.39 is 5.97 Å². The average Bonchev–Trinajstić information content (AvgIpc) is 2.58. The second-order valence-electron chi connectivity index (χ2n) is 2.73. The van der Waals surface area contributed by atoms with Crippen LogP contribution in [0.1, 0.15) is 10.4 Å². The van der Waals surface area contributed by atoms with Gasteiger partial charge in [-0.05, 0) is 0 Å². The van der Waals surface area contributed by atoms with E-state index >= 15 is 0 Å². The van der Waals surface area contributed by atoms with Gasteiger partial charge in [-0.1, -0.05) is 11.6 Å². The summed E-state index contributed by atoms with van der Waals surface area (Å²) in [5, 5.41) is 13.0. The minimum Gasteiger partial charge on any atom is -0.480 e. The summed E-state index contributed by atoms with van der Waals surface area (Å²) in [6.07, 6.45) is 2.68. The van der Waals surface area contributed by atoms with E-state index in [9.17, 15) is 4.79 Å². The van der Waals surface area contributed by atoms with Crippen molar-refractivity contribution >= 4 is 23.2 Å². The summed E-state index contributed by atoms with van der Waals surface area (Å²) in [6, 6.07) is 0. The number of halogens is 1. The Bertz CT molecular complexity index is 537. The first-order valence-electron chi connectivity index (χ1n) is 3.94. The Kier molecular flexibility index (Phi) is 2.20. The van der Waals surface area contributed by atoms with Crippen LogP contribution < -0.4 is 4.74 Å². The minimum absolute atomic E-state index is 0.0115. The third-order valence-corrected chi connectivity index (χ3v) is 2.11. The van der Waals surface area contributed by atoms with Crippen molar-refractivity contribution in [2.24, 2.45) is 0 Å². The average molecular weight is 228 g/mol. The lowest BCUT2D eigenvalue weighted by molar-refractivity contribution is 0.0691. The number of fused-ring (bicyclic) bond motifs is 1. The molecule has 0 saturated heterocycles.